The van der Waals surface area contributed by atoms with Gasteiger partial charge >= 0.3 is 0 Å². The summed E-state index contributed by atoms with van der Waals surface area (Å²) in [5.41, 5.74) is 0.608. The minimum absolute atomic E-state index is 0.608. The quantitative estimate of drug-likeness (QED) is 0.602. The molecule has 0 spiro atoms. The zero-order chi connectivity index (χ0) is 7.47. The first-order chi connectivity index (χ1) is 5.31. The average molecular weight is 151 g/mol. The van der Waals surface area contributed by atoms with Crippen LogP contribution in [0.15, 0.2) is 0 Å². The Kier molecular flexibility index (Phi) is 1.07. The Morgan fingerprint density at radius 2 is 1.73 bits per heavy atom. The van der Waals surface area contributed by atoms with Crippen LogP contribution in [0.1, 0.15) is 32.1 Å². The lowest BCUT2D eigenvalue weighted by molar-refractivity contribution is 0.196. The SMILES string of the molecule is CNC12CC3CC(C1)C(C3)C2. The Balaban J connectivity index is 1.94. The third kappa shape index (κ3) is 0.703. The second-order valence-corrected chi connectivity index (χ2v) is 5.00. The normalized spacial score (nSPS) is 59.2. The van der Waals surface area contributed by atoms with E-state index in [-0.39, 0.29) is 0 Å². The molecule has 0 radical (unpaired) electrons. The first kappa shape index (κ1) is 6.47. The largest absolute Gasteiger partial charge is 0.314 e. The van der Waals surface area contributed by atoms with Gasteiger partial charge in [-0.25, -0.2) is 0 Å². The topological polar surface area (TPSA) is 12.0 Å². The van der Waals surface area contributed by atoms with Gasteiger partial charge in [-0.3, -0.25) is 0 Å². The van der Waals surface area contributed by atoms with Crippen molar-refractivity contribution in [2.45, 2.75) is 37.6 Å². The molecule has 1 N–H and O–H groups in total. The monoisotopic (exact) mass is 151 g/mol. The Bertz CT molecular complexity index is 168. The maximum absolute atomic E-state index is 3.57. The van der Waals surface area contributed by atoms with Gasteiger partial charge in [0.25, 0.3) is 0 Å². The summed E-state index contributed by atoms with van der Waals surface area (Å²) in [7, 11) is 2.16. The number of rotatable bonds is 1. The zero-order valence-electron chi connectivity index (χ0n) is 7.27. The highest BCUT2D eigenvalue weighted by Gasteiger charge is 2.54. The summed E-state index contributed by atoms with van der Waals surface area (Å²) in [5, 5.41) is 3.57. The van der Waals surface area contributed by atoms with E-state index in [1.165, 1.54) is 19.3 Å². The molecule has 4 rings (SSSR count). The van der Waals surface area contributed by atoms with Crippen LogP contribution in [0, 0.1) is 17.8 Å². The van der Waals surface area contributed by atoms with Gasteiger partial charge in [0.2, 0.25) is 0 Å². The van der Waals surface area contributed by atoms with Crippen molar-refractivity contribution >= 4 is 0 Å². The van der Waals surface area contributed by atoms with Crippen LogP contribution in [-0.4, -0.2) is 12.6 Å². The van der Waals surface area contributed by atoms with Crippen molar-refractivity contribution in [1.82, 2.24) is 5.32 Å². The molecule has 4 bridgehead atoms. The van der Waals surface area contributed by atoms with Gasteiger partial charge in [-0.05, 0) is 56.9 Å². The summed E-state index contributed by atoms with van der Waals surface area (Å²) in [4.78, 5) is 0. The summed E-state index contributed by atoms with van der Waals surface area (Å²) in [6.45, 7) is 0. The number of hydrogen-bond donors (Lipinski definition) is 1. The molecule has 0 heterocycles. The molecule has 0 amide bonds. The third-order valence-electron chi connectivity index (χ3n) is 4.45. The van der Waals surface area contributed by atoms with Crippen LogP contribution in [0.4, 0.5) is 0 Å². The molecule has 62 valence electrons. The van der Waals surface area contributed by atoms with Crippen LogP contribution < -0.4 is 5.32 Å². The van der Waals surface area contributed by atoms with Crippen molar-refractivity contribution < 1.29 is 0 Å². The molecule has 1 heteroatoms. The van der Waals surface area contributed by atoms with Gasteiger partial charge < -0.3 is 5.32 Å². The molecule has 4 aliphatic carbocycles. The molecule has 4 aliphatic rings. The maximum Gasteiger partial charge on any atom is 0.0186 e. The van der Waals surface area contributed by atoms with Gasteiger partial charge in [-0.15, -0.1) is 0 Å². The Morgan fingerprint density at radius 1 is 1.09 bits per heavy atom. The van der Waals surface area contributed by atoms with Crippen LogP contribution in [0.25, 0.3) is 0 Å². The highest BCUT2D eigenvalue weighted by atomic mass is 15.0. The average Bonchev–Trinajstić information content (AvgIpc) is 2.40. The fraction of sp³-hybridized carbons (Fsp3) is 1.00. The van der Waals surface area contributed by atoms with Gasteiger partial charge in [0.15, 0.2) is 0 Å². The molecule has 0 saturated heterocycles. The molecule has 2 unspecified atom stereocenters. The Morgan fingerprint density at radius 3 is 2.18 bits per heavy atom. The predicted molar refractivity (Wildman–Crippen MR) is 45.3 cm³/mol. The van der Waals surface area contributed by atoms with Crippen molar-refractivity contribution in [3.8, 4) is 0 Å². The molecule has 0 aromatic rings. The zero-order valence-corrected chi connectivity index (χ0v) is 7.27. The first-order valence-electron chi connectivity index (χ1n) is 5.00. The van der Waals surface area contributed by atoms with Crippen LogP contribution in [0.2, 0.25) is 0 Å². The minimum atomic E-state index is 0.608. The minimum Gasteiger partial charge on any atom is -0.314 e. The fourth-order valence-electron chi connectivity index (χ4n) is 4.12. The lowest BCUT2D eigenvalue weighted by Crippen LogP contribution is -2.45. The highest BCUT2D eigenvalue weighted by Crippen LogP contribution is 2.59. The van der Waals surface area contributed by atoms with Gasteiger partial charge in [0, 0.05) is 5.54 Å². The molecule has 11 heavy (non-hydrogen) atoms. The molecule has 0 aromatic carbocycles. The summed E-state index contributed by atoms with van der Waals surface area (Å²) < 4.78 is 0. The molecule has 4 fully saturated rings. The molecular weight excluding hydrogens is 134 g/mol. The molecule has 0 aliphatic heterocycles. The smallest absolute Gasteiger partial charge is 0.0186 e. The highest BCUT2D eigenvalue weighted by molar-refractivity contribution is 5.09. The van der Waals surface area contributed by atoms with E-state index < -0.39 is 0 Å². The lowest BCUT2D eigenvalue weighted by Gasteiger charge is -2.38. The van der Waals surface area contributed by atoms with E-state index in [9.17, 15) is 0 Å². The van der Waals surface area contributed by atoms with Gasteiger partial charge in [-0.2, -0.15) is 0 Å². The van der Waals surface area contributed by atoms with E-state index in [0.717, 1.165) is 17.8 Å². The van der Waals surface area contributed by atoms with Crippen molar-refractivity contribution in [1.29, 1.82) is 0 Å². The van der Waals surface area contributed by atoms with E-state index in [4.69, 9.17) is 0 Å². The van der Waals surface area contributed by atoms with Crippen molar-refractivity contribution in [2.24, 2.45) is 17.8 Å². The Hall–Kier alpha value is -0.0400. The fourth-order valence-corrected chi connectivity index (χ4v) is 4.12. The number of nitrogens with one attached hydrogen (secondary N) is 1. The lowest BCUT2D eigenvalue weighted by atomic mass is 9.76. The van der Waals surface area contributed by atoms with E-state index in [1.54, 1.807) is 12.8 Å². The second-order valence-electron chi connectivity index (χ2n) is 5.00. The van der Waals surface area contributed by atoms with Crippen LogP contribution in [0.5, 0.6) is 0 Å². The molecule has 2 atom stereocenters. The summed E-state index contributed by atoms with van der Waals surface area (Å²) in [6.07, 6.45) is 7.59. The molecular formula is C10H17N. The first-order valence-corrected chi connectivity index (χ1v) is 5.00. The van der Waals surface area contributed by atoms with Gasteiger partial charge in [-0.1, -0.05) is 0 Å². The van der Waals surface area contributed by atoms with Crippen molar-refractivity contribution in [2.75, 3.05) is 7.05 Å². The second kappa shape index (κ2) is 1.82. The van der Waals surface area contributed by atoms with Crippen molar-refractivity contribution in [3.63, 3.8) is 0 Å². The standard InChI is InChI=1S/C10H17N/c1-11-10-4-7-2-8(5-10)9(3-7)6-10/h7-9,11H,2-6H2,1H3. The van der Waals surface area contributed by atoms with E-state index in [2.05, 4.69) is 12.4 Å². The van der Waals surface area contributed by atoms with Crippen LogP contribution in [0.3, 0.4) is 0 Å². The summed E-state index contributed by atoms with van der Waals surface area (Å²) >= 11 is 0. The summed E-state index contributed by atoms with van der Waals surface area (Å²) in [6, 6.07) is 0. The predicted octanol–water partition coefficient (Wildman–Crippen LogP) is 1.78. The number of hydrogen-bond acceptors (Lipinski definition) is 1. The molecule has 4 saturated carbocycles. The van der Waals surface area contributed by atoms with E-state index in [0.29, 0.717) is 5.54 Å². The van der Waals surface area contributed by atoms with Gasteiger partial charge in [0.05, 0.1) is 0 Å². The Labute approximate surface area is 68.6 Å². The van der Waals surface area contributed by atoms with Crippen LogP contribution in [-0.2, 0) is 0 Å². The van der Waals surface area contributed by atoms with Crippen molar-refractivity contribution in [3.05, 3.63) is 0 Å². The molecule has 1 nitrogen and oxygen atoms in total. The van der Waals surface area contributed by atoms with Crippen LogP contribution >= 0.6 is 0 Å². The third-order valence-corrected chi connectivity index (χ3v) is 4.45. The van der Waals surface area contributed by atoms with Gasteiger partial charge in [0.1, 0.15) is 0 Å². The molecule has 0 aromatic heterocycles. The van der Waals surface area contributed by atoms with E-state index >= 15 is 0 Å². The maximum atomic E-state index is 3.57. The van der Waals surface area contributed by atoms with E-state index in [1.807, 2.05) is 0 Å². The summed E-state index contributed by atoms with van der Waals surface area (Å²) in [5.74, 6) is 3.32.